The number of amides is 2. The Kier molecular flexibility index (Phi) is 6.41. The first-order chi connectivity index (χ1) is 13.5. The van der Waals surface area contributed by atoms with Crippen LogP contribution >= 0.6 is 0 Å². The summed E-state index contributed by atoms with van der Waals surface area (Å²) in [4.78, 5) is 31.5. The Labute approximate surface area is 166 Å². The van der Waals surface area contributed by atoms with Gasteiger partial charge in [0.25, 0.3) is 0 Å². The quantitative estimate of drug-likeness (QED) is 0.834. The number of piperazine rings is 1. The van der Waals surface area contributed by atoms with E-state index in [0.29, 0.717) is 19.6 Å². The van der Waals surface area contributed by atoms with Crippen molar-refractivity contribution in [1.29, 1.82) is 0 Å². The fourth-order valence-electron chi connectivity index (χ4n) is 3.45. The lowest BCUT2D eigenvalue weighted by molar-refractivity contribution is -0.146. The maximum Gasteiger partial charge on any atom is 0.244 e. The highest BCUT2D eigenvalue weighted by Crippen LogP contribution is 2.18. The third-order valence-corrected chi connectivity index (χ3v) is 5.02. The molecular weight excluding hydrogens is 352 g/mol. The van der Waals surface area contributed by atoms with Crippen LogP contribution < -0.4 is 10.6 Å². The van der Waals surface area contributed by atoms with Gasteiger partial charge in [-0.1, -0.05) is 44.2 Å². The molecular formula is C22H28N4O2. The highest BCUT2D eigenvalue weighted by atomic mass is 16.2. The van der Waals surface area contributed by atoms with Gasteiger partial charge in [-0.2, -0.15) is 0 Å². The van der Waals surface area contributed by atoms with E-state index in [1.165, 1.54) is 0 Å². The van der Waals surface area contributed by atoms with E-state index in [2.05, 4.69) is 15.6 Å². The summed E-state index contributed by atoms with van der Waals surface area (Å²) in [6, 6.07) is 13.3. The minimum Gasteiger partial charge on any atom is -0.350 e. The van der Waals surface area contributed by atoms with Gasteiger partial charge in [-0.15, -0.1) is 0 Å². The number of pyridine rings is 1. The van der Waals surface area contributed by atoms with Gasteiger partial charge < -0.3 is 15.5 Å². The number of rotatable bonds is 5. The predicted molar refractivity (Wildman–Crippen MR) is 109 cm³/mol. The molecule has 1 saturated heterocycles. The van der Waals surface area contributed by atoms with Gasteiger partial charge in [0.15, 0.2) is 0 Å². The summed E-state index contributed by atoms with van der Waals surface area (Å²) in [7, 11) is 0. The number of hydrogen-bond acceptors (Lipinski definition) is 4. The van der Waals surface area contributed by atoms with Crippen molar-refractivity contribution in [3.8, 4) is 11.3 Å². The molecule has 1 aromatic heterocycles. The first-order valence-electron chi connectivity index (χ1n) is 9.78. The van der Waals surface area contributed by atoms with Crippen LogP contribution in [0.1, 0.15) is 26.3 Å². The molecule has 1 aliphatic rings. The van der Waals surface area contributed by atoms with E-state index in [4.69, 9.17) is 0 Å². The average Bonchev–Trinajstić information content (AvgIpc) is 2.72. The van der Waals surface area contributed by atoms with Crippen LogP contribution in [0.25, 0.3) is 11.3 Å². The van der Waals surface area contributed by atoms with Gasteiger partial charge in [-0.05, 0) is 24.6 Å². The summed E-state index contributed by atoms with van der Waals surface area (Å²) in [5.74, 6) is -0.231. The molecule has 0 unspecified atom stereocenters. The first kappa shape index (κ1) is 20.0. The average molecular weight is 380 g/mol. The molecule has 6 nitrogen and oxygen atoms in total. The van der Waals surface area contributed by atoms with Crippen molar-refractivity contribution in [2.45, 2.75) is 39.4 Å². The van der Waals surface area contributed by atoms with E-state index in [1.807, 2.05) is 63.2 Å². The van der Waals surface area contributed by atoms with Gasteiger partial charge in [-0.25, -0.2) is 0 Å². The van der Waals surface area contributed by atoms with E-state index >= 15 is 0 Å². The Balaban J connectivity index is 1.63. The molecule has 2 N–H and O–H groups in total. The summed E-state index contributed by atoms with van der Waals surface area (Å²) in [5.41, 5.74) is 2.96. The molecule has 1 fully saturated rings. The topological polar surface area (TPSA) is 74.3 Å². The van der Waals surface area contributed by atoms with Gasteiger partial charge >= 0.3 is 0 Å². The summed E-state index contributed by atoms with van der Waals surface area (Å²) in [6.45, 7) is 7.33. The van der Waals surface area contributed by atoms with Crippen LogP contribution in [0.5, 0.6) is 0 Å². The Morgan fingerprint density at radius 3 is 2.57 bits per heavy atom. The van der Waals surface area contributed by atoms with Crippen LogP contribution in [0.15, 0.2) is 48.7 Å². The highest BCUT2D eigenvalue weighted by molar-refractivity contribution is 5.89. The number of nitrogens with one attached hydrogen (secondary N) is 2. The Hall–Kier alpha value is -2.73. The normalized spacial score (nSPS) is 19.5. The van der Waals surface area contributed by atoms with Crippen molar-refractivity contribution < 1.29 is 9.59 Å². The molecule has 0 saturated carbocycles. The smallest absolute Gasteiger partial charge is 0.244 e. The maximum absolute atomic E-state index is 12.8. The van der Waals surface area contributed by atoms with E-state index in [0.717, 1.165) is 16.8 Å². The molecule has 0 aliphatic carbocycles. The third kappa shape index (κ3) is 4.57. The van der Waals surface area contributed by atoms with Crippen LogP contribution in [0.3, 0.4) is 0 Å². The fourth-order valence-corrected chi connectivity index (χ4v) is 3.45. The SMILES string of the molecule is CC(C)C(=O)N1[C@H](C)CNC[C@@H]1C(=O)NCc1ccc(-c2ccccn2)cc1. The summed E-state index contributed by atoms with van der Waals surface area (Å²) >= 11 is 0. The predicted octanol–water partition coefficient (Wildman–Crippen LogP) is 2.21. The van der Waals surface area contributed by atoms with Crippen LogP contribution in [0, 0.1) is 5.92 Å². The van der Waals surface area contributed by atoms with Crippen molar-refractivity contribution >= 4 is 11.8 Å². The maximum atomic E-state index is 12.8. The number of carbonyl (C=O) groups excluding carboxylic acids is 2. The molecule has 0 bridgehead atoms. The van der Waals surface area contributed by atoms with Crippen LogP contribution in [0.2, 0.25) is 0 Å². The zero-order valence-corrected chi connectivity index (χ0v) is 16.7. The van der Waals surface area contributed by atoms with Crippen molar-refractivity contribution in [1.82, 2.24) is 20.5 Å². The minimum absolute atomic E-state index is 0.00273. The van der Waals surface area contributed by atoms with Crippen molar-refractivity contribution in [3.05, 3.63) is 54.2 Å². The number of nitrogens with zero attached hydrogens (tertiary/aromatic N) is 2. The van der Waals surface area contributed by atoms with Gasteiger partial charge in [-0.3, -0.25) is 14.6 Å². The molecule has 148 valence electrons. The fraction of sp³-hybridized carbons (Fsp3) is 0.409. The summed E-state index contributed by atoms with van der Waals surface area (Å²) in [5, 5.41) is 6.24. The van der Waals surface area contributed by atoms with Gasteiger partial charge in [0.2, 0.25) is 11.8 Å². The van der Waals surface area contributed by atoms with Crippen molar-refractivity contribution in [2.24, 2.45) is 5.92 Å². The number of benzene rings is 1. The lowest BCUT2D eigenvalue weighted by Gasteiger charge is -2.41. The van der Waals surface area contributed by atoms with E-state index in [1.54, 1.807) is 11.1 Å². The zero-order valence-electron chi connectivity index (χ0n) is 16.7. The minimum atomic E-state index is -0.480. The van der Waals surface area contributed by atoms with E-state index < -0.39 is 6.04 Å². The molecule has 2 amide bonds. The van der Waals surface area contributed by atoms with E-state index in [9.17, 15) is 9.59 Å². The van der Waals surface area contributed by atoms with Crippen molar-refractivity contribution in [2.75, 3.05) is 13.1 Å². The van der Waals surface area contributed by atoms with Crippen LogP contribution in [-0.4, -0.2) is 46.9 Å². The van der Waals surface area contributed by atoms with Gasteiger partial charge in [0.1, 0.15) is 6.04 Å². The second-order valence-electron chi connectivity index (χ2n) is 7.55. The number of hydrogen-bond donors (Lipinski definition) is 2. The Morgan fingerprint density at radius 1 is 1.18 bits per heavy atom. The lowest BCUT2D eigenvalue weighted by Crippen LogP contribution is -2.63. The van der Waals surface area contributed by atoms with Gasteiger partial charge in [0, 0.05) is 43.4 Å². The second kappa shape index (κ2) is 8.97. The largest absolute Gasteiger partial charge is 0.350 e. The molecule has 28 heavy (non-hydrogen) atoms. The Bertz CT molecular complexity index is 805. The number of carbonyl (C=O) groups is 2. The summed E-state index contributed by atoms with van der Waals surface area (Å²) < 4.78 is 0. The molecule has 6 heteroatoms. The van der Waals surface area contributed by atoms with Gasteiger partial charge in [0.05, 0.1) is 5.69 Å². The number of aromatic nitrogens is 1. The third-order valence-electron chi connectivity index (χ3n) is 5.02. The van der Waals surface area contributed by atoms with Crippen molar-refractivity contribution in [3.63, 3.8) is 0 Å². The zero-order chi connectivity index (χ0) is 20.1. The summed E-state index contributed by atoms with van der Waals surface area (Å²) in [6.07, 6.45) is 1.77. The molecule has 2 atom stereocenters. The highest BCUT2D eigenvalue weighted by Gasteiger charge is 2.36. The molecule has 1 aromatic carbocycles. The van der Waals surface area contributed by atoms with E-state index in [-0.39, 0.29) is 23.8 Å². The second-order valence-corrected chi connectivity index (χ2v) is 7.55. The first-order valence-corrected chi connectivity index (χ1v) is 9.78. The monoisotopic (exact) mass is 380 g/mol. The molecule has 2 heterocycles. The Morgan fingerprint density at radius 2 is 1.93 bits per heavy atom. The molecule has 1 aliphatic heterocycles. The standard InChI is InChI=1S/C22H28N4O2/c1-15(2)22(28)26-16(3)12-23-14-20(26)21(27)25-13-17-7-9-18(10-8-17)19-6-4-5-11-24-19/h4-11,15-16,20,23H,12-14H2,1-3H3,(H,25,27)/t16-,20-/m1/s1. The molecule has 0 spiro atoms. The molecule has 3 rings (SSSR count). The lowest BCUT2D eigenvalue weighted by atomic mass is 10.0. The molecule has 0 radical (unpaired) electrons. The molecule has 2 aromatic rings. The van der Waals surface area contributed by atoms with Crippen LogP contribution in [0.4, 0.5) is 0 Å². The van der Waals surface area contributed by atoms with Crippen LogP contribution in [-0.2, 0) is 16.1 Å².